The van der Waals surface area contributed by atoms with Crippen LogP contribution in [0.3, 0.4) is 0 Å². The summed E-state index contributed by atoms with van der Waals surface area (Å²) in [5.41, 5.74) is 2.17. The molecule has 2 aliphatic rings. The first-order valence-electron chi connectivity index (χ1n) is 12.2. The first-order valence-corrected chi connectivity index (χ1v) is 12.2. The standard InChI is InChI=1S/C25H38N6O/c1-32-23-7-6-22(16-21(23)10-14-27-17-19-4-2-3-5-19)30-25-28-15-11-24(31-25)29-18-20-8-12-26-13-9-20/h6-7,11,15-16,19-20,26-27H,2-5,8-10,12-14,17-18H2,1H3,(H2,28,29,30,31). The second-order valence-electron chi connectivity index (χ2n) is 9.10. The molecule has 7 heteroatoms. The molecule has 174 valence electrons. The van der Waals surface area contributed by atoms with Crippen molar-refractivity contribution in [2.24, 2.45) is 11.8 Å². The van der Waals surface area contributed by atoms with Gasteiger partial charge in [-0.1, -0.05) is 12.8 Å². The van der Waals surface area contributed by atoms with E-state index in [2.05, 4.69) is 37.3 Å². The fourth-order valence-electron chi connectivity index (χ4n) is 4.78. The molecule has 32 heavy (non-hydrogen) atoms. The van der Waals surface area contributed by atoms with E-state index in [0.29, 0.717) is 11.9 Å². The minimum atomic E-state index is 0.607. The first kappa shape index (κ1) is 22.8. The van der Waals surface area contributed by atoms with Crippen molar-refractivity contribution in [3.63, 3.8) is 0 Å². The number of nitrogens with zero attached hydrogens (tertiary/aromatic N) is 2. The van der Waals surface area contributed by atoms with Gasteiger partial charge in [0.2, 0.25) is 5.95 Å². The number of benzene rings is 1. The zero-order valence-corrected chi connectivity index (χ0v) is 19.3. The Kier molecular flexibility index (Phi) is 8.56. The minimum Gasteiger partial charge on any atom is -0.496 e. The number of piperidine rings is 1. The molecule has 1 aromatic carbocycles. The molecule has 2 fully saturated rings. The molecule has 7 nitrogen and oxygen atoms in total. The molecule has 0 amide bonds. The van der Waals surface area contributed by atoms with Crippen LogP contribution in [0.15, 0.2) is 30.5 Å². The van der Waals surface area contributed by atoms with Crippen LogP contribution in [0, 0.1) is 11.8 Å². The van der Waals surface area contributed by atoms with E-state index in [1.54, 1.807) is 13.3 Å². The fraction of sp³-hybridized carbons (Fsp3) is 0.600. The van der Waals surface area contributed by atoms with E-state index in [1.807, 2.05) is 18.2 Å². The summed E-state index contributed by atoms with van der Waals surface area (Å²) in [6.45, 7) is 5.27. The van der Waals surface area contributed by atoms with Gasteiger partial charge in [-0.05, 0) is 99.9 Å². The molecule has 0 unspecified atom stereocenters. The lowest BCUT2D eigenvalue weighted by Gasteiger charge is -2.23. The van der Waals surface area contributed by atoms with Gasteiger partial charge in [-0.2, -0.15) is 4.98 Å². The van der Waals surface area contributed by atoms with Gasteiger partial charge in [0.1, 0.15) is 11.6 Å². The van der Waals surface area contributed by atoms with Crippen molar-refractivity contribution < 1.29 is 4.74 Å². The largest absolute Gasteiger partial charge is 0.496 e. The van der Waals surface area contributed by atoms with Crippen LogP contribution in [-0.4, -0.2) is 49.8 Å². The van der Waals surface area contributed by atoms with Crippen molar-refractivity contribution in [2.45, 2.75) is 44.9 Å². The van der Waals surface area contributed by atoms with Crippen molar-refractivity contribution in [1.82, 2.24) is 20.6 Å². The lowest BCUT2D eigenvalue weighted by atomic mass is 9.98. The Bertz CT molecular complexity index is 833. The number of anilines is 3. The van der Waals surface area contributed by atoms with E-state index in [0.717, 1.165) is 62.3 Å². The molecule has 0 spiro atoms. The summed E-state index contributed by atoms with van der Waals surface area (Å²) in [7, 11) is 1.73. The molecule has 4 rings (SSSR count). The van der Waals surface area contributed by atoms with E-state index in [9.17, 15) is 0 Å². The highest BCUT2D eigenvalue weighted by molar-refractivity contribution is 5.58. The van der Waals surface area contributed by atoms with Crippen LogP contribution in [0.5, 0.6) is 5.75 Å². The number of ether oxygens (including phenoxy) is 1. The van der Waals surface area contributed by atoms with Gasteiger partial charge in [0, 0.05) is 18.4 Å². The average molecular weight is 439 g/mol. The summed E-state index contributed by atoms with van der Waals surface area (Å²) in [5, 5.41) is 13.9. The molecule has 4 N–H and O–H groups in total. The zero-order chi connectivity index (χ0) is 22.0. The van der Waals surface area contributed by atoms with Gasteiger partial charge in [-0.15, -0.1) is 0 Å². The van der Waals surface area contributed by atoms with Crippen molar-refractivity contribution >= 4 is 17.5 Å². The number of hydrogen-bond donors (Lipinski definition) is 4. The fourth-order valence-corrected chi connectivity index (χ4v) is 4.78. The monoisotopic (exact) mass is 438 g/mol. The molecule has 0 atom stereocenters. The van der Waals surface area contributed by atoms with E-state index in [4.69, 9.17) is 4.74 Å². The Morgan fingerprint density at radius 3 is 2.66 bits per heavy atom. The van der Waals surface area contributed by atoms with Crippen molar-refractivity contribution in [1.29, 1.82) is 0 Å². The zero-order valence-electron chi connectivity index (χ0n) is 19.3. The second-order valence-corrected chi connectivity index (χ2v) is 9.10. The number of methoxy groups -OCH3 is 1. The maximum absolute atomic E-state index is 5.59. The quantitative estimate of drug-likeness (QED) is 0.395. The number of nitrogens with one attached hydrogen (secondary N) is 4. The normalized spacial score (nSPS) is 17.4. The number of aromatic nitrogens is 2. The summed E-state index contributed by atoms with van der Waals surface area (Å²) in [5.74, 6) is 3.96. The van der Waals surface area contributed by atoms with Gasteiger partial charge < -0.3 is 26.0 Å². The molecule has 1 saturated carbocycles. The highest BCUT2D eigenvalue weighted by Gasteiger charge is 2.15. The van der Waals surface area contributed by atoms with Crippen molar-refractivity contribution in [2.75, 3.05) is 50.5 Å². The predicted molar refractivity (Wildman–Crippen MR) is 131 cm³/mol. The van der Waals surface area contributed by atoms with Gasteiger partial charge in [-0.3, -0.25) is 0 Å². The third-order valence-electron chi connectivity index (χ3n) is 6.70. The third-order valence-corrected chi connectivity index (χ3v) is 6.70. The summed E-state index contributed by atoms with van der Waals surface area (Å²) in [6.07, 6.45) is 10.7. The number of rotatable bonds is 11. The maximum Gasteiger partial charge on any atom is 0.229 e. The molecule has 1 saturated heterocycles. The highest BCUT2D eigenvalue weighted by atomic mass is 16.5. The molecule has 0 bridgehead atoms. The van der Waals surface area contributed by atoms with Gasteiger partial charge in [-0.25, -0.2) is 4.98 Å². The van der Waals surface area contributed by atoms with Crippen LogP contribution in [0.4, 0.5) is 17.5 Å². The smallest absolute Gasteiger partial charge is 0.229 e. The number of hydrogen-bond acceptors (Lipinski definition) is 7. The first-order chi connectivity index (χ1) is 15.8. The Labute approximate surface area is 192 Å². The van der Waals surface area contributed by atoms with E-state index in [1.165, 1.54) is 44.1 Å². The van der Waals surface area contributed by atoms with Crippen LogP contribution in [0.2, 0.25) is 0 Å². The van der Waals surface area contributed by atoms with Gasteiger partial charge >= 0.3 is 0 Å². The lowest BCUT2D eigenvalue weighted by molar-refractivity contribution is 0.389. The van der Waals surface area contributed by atoms with Crippen molar-refractivity contribution in [3.05, 3.63) is 36.0 Å². The maximum atomic E-state index is 5.59. The molecule has 1 aromatic heterocycles. The summed E-state index contributed by atoms with van der Waals surface area (Å²) in [6, 6.07) is 8.12. The van der Waals surface area contributed by atoms with Crippen LogP contribution in [0.1, 0.15) is 44.1 Å². The van der Waals surface area contributed by atoms with Crippen LogP contribution < -0.4 is 26.0 Å². The Balaban J connectivity index is 1.31. The molecule has 0 radical (unpaired) electrons. The van der Waals surface area contributed by atoms with E-state index in [-0.39, 0.29) is 0 Å². The summed E-state index contributed by atoms with van der Waals surface area (Å²) >= 11 is 0. The third kappa shape index (κ3) is 6.81. The van der Waals surface area contributed by atoms with Crippen LogP contribution >= 0.6 is 0 Å². The van der Waals surface area contributed by atoms with Crippen LogP contribution in [-0.2, 0) is 6.42 Å². The predicted octanol–water partition coefficient (Wildman–Crippen LogP) is 3.96. The molecular formula is C25H38N6O. The molecule has 1 aliphatic heterocycles. The topological polar surface area (TPSA) is 83.1 Å². The summed E-state index contributed by atoms with van der Waals surface area (Å²) in [4.78, 5) is 9.06. The van der Waals surface area contributed by atoms with E-state index >= 15 is 0 Å². The Hall–Kier alpha value is -2.38. The Morgan fingerprint density at radius 2 is 1.84 bits per heavy atom. The summed E-state index contributed by atoms with van der Waals surface area (Å²) < 4.78 is 5.59. The van der Waals surface area contributed by atoms with E-state index < -0.39 is 0 Å². The SMILES string of the molecule is COc1ccc(Nc2nccc(NCC3CCNCC3)n2)cc1CCNCC1CCCC1. The van der Waals surface area contributed by atoms with Crippen LogP contribution in [0.25, 0.3) is 0 Å². The molecule has 2 aromatic rings. The molecule has 2 heterocycles. The van der Waals surface area contributed by atoms with Gasteiger partial charge in [0.15, 0.2) is 0 Å². The van der Waals surface area contributed by atoms with Gasteiger partial charge in [0.05, 0.1) is 7.11 Å². The minimum absolute atomic E-state index is 0.607. The molecular weight excluding hydrogens is 400 g/mol. The lowest BCUT2D eigenvalue weighted by Crippen LogP contribution is -2.31. The average Bonchev–Trinajstić information content (AvgIpc) is 3.35. The molecule has 1 aliphatic carbocycles. The highest BCUT2D eigenvalue weighted by Crippen LogP contribution is 2.26. The second kappa shape index (κ2) is 12.0. The Morgan fingerprint density at radius 1 is 1.03 bits per heavy atom. The van der Waals surface area contributed by atoms with Gasteiger partial charge in [0.25, 0.3) is 0 Å². The van der Waals surface area contributed by atoms with Crippen molar-refractivity contribution in [3.8, 4) is 5.75 Å².